The van der Waals surface area contributed by atoms with Gasteiger partial charge in [0, 0.05) is 38.1 Å². The molecule has 4 rings (SSSR count). The lowest BCUT2D eigenvalue weighted by Crippen LogP contribution is -2.46. The van der Waals surface area contributed by atoms with Gasteiger partial charge in [-0.25, -0.2) is 4.98 Å². The molecule has 2 aromatic rings. The second-order valence-corrected chi connectivity index (χ2v) is 7.54. The summed E-state index contributed by atoms with van der Waals surface area (Å²) in [6.07, 6.45) is 4.59. The molecule has 0 atom stereocenters. The molecule has 0 bridgehead atoms. The van der Waals surface area contributed by atoms with Gasteiger partial charge < -0.3 is 9.80 Å². The molecular formula is C16H22N4OS. The van der Waals surface area contributed by atoms with E-state index in [0.717, 1.165) is 55.2 Å². The quantitative estimate of drug-likeness (QED) is 0.801. The minimum absolute atomic E-state index is 0.137. The van der Waals surface area contributed by atoms with Gasteiger partial charge in [0.2, 0.25) is 5.95 Å². The molecule has 1 aliphatic carbocycles. The van der Waals surface area contributed by atoms with Crippen molar-refractivity contribution in [1.29, 1.82) is 0 Å². The van der Waals surface area contributed by atoms with Crippen molar-refractivity contribution in [2.24, 2.45) is 7.05 Å². The van der Waals surface area contributed by atoms with Gasteiger partial charge in [-0.2, -0.15) is 0 Å². The Morgan fingerprint density at radius 1 is 1.05 bits per heavy atom. The number of aromatic nitrogens is 2. The van der Waals surface area contributed by atoms with Crippen LogP contribution in [0.15, 0.2) is 4.79 Å². The summed E-state index contributed by atoms with van der Waals surface area (Å²) >= 11 is 1.74. The lowest BCUT2D eigenvalue weighted by molar-refractivity contribution is 0.310. The van der Waals surface area contributed by atoms with Crippen LogP contribution in [0, 0.1) is 0 Å². The molecule has 0 N–H and O–H groups in total. The summed E-state index contributed by atoms with van der Waals surface area (Å²) in [5, 5.41) is 0.889. The minimum atomic E-state index is 0.137. The molecule has 0 radical (unpaired) electrons. The van der Waals surface area contributed by atoms with Gasteiger partial charge in [0.05, 0.1) is 5.39 Å². The molecule has 2 aliphatic rings. The van der Waals surface area contributed by atoms with E-state index < -0.39 is 0 Å². The number of hydrogen-bond acceptors (Lipinski definition) is 5. The van der Waals surface area contributed by atoms with Crippen LogP contribution in [-0.2, 0) is 19.9 Å². The van der Waals surface area contributed by atoms with Crippen molar-refractivity contribution < 1.29 is 0 Å². The molecule has 5 nitrogen and oxygen atoms in total. The number of nitrogens with zero attached hydrogens (tertiary/aromatic N) is 4. The fraction of sp³-hybridized carbons (Fsp3) is 0.625. The highest BCUT2D eigenvalue weighted by molar-refractivity contribution is 7.18. The summed E-state index contributed by atoms with van der Waals surface area (Å²) in [5.41, 5.74) is 1.42. The van der Waals surface area contributed by atoms with Gasteiger partial charge in [-0.05, 0) is 38.3 Å². The number of piperazine rings is 1. The zero-order valence-corrected chi connectivity index (χ0v) is 14.1. The fourth-order valence-corrected chi connectivity index (χ4v) is 4.81. The van der Waals surface area contributed by atoms with Crippen LogP contribution in [0.2, 0.25) is 0 Å². The summed E-state index contributed by atoms with van der Waals surface area (Å²) in [4.78, 5) is 24.7. The molecule has 1 aliphatic heterocycles. The molecule has 118 valence electrons. The van der Waals surface area contributed by atoms with E-state index in [1.807, 2.05) is 7.05 Å². The minimum Gasteiger partial charge on any atom is -0.340 e. The highest BCUT2D eigenvalue weighted by Gasteiger charge is 2.24. The maximum absolute atomic E-state index is 12.9. The number of anilines is 1. The van der Waals surface area contributed by atoms with Crippen LogP contribution in [0.1, 0.15) is 23.3 Å². The van der Waals surface area contributed by atoms with Crippen molar-refractivity contribution in [3.05, 3.63) is 20.8 Å². The van der Waals surface area contributed by atoms with E-state index in [1.54, 1.807) is 15.9 Å². The van der Waals surface area contributed by atoms with Gasteiger partial charge in [-0.3, -0.25) is 9.36 Å². The molecule has 3 heterocycles. The summed E-state index contributed by atoms with van der Waals surface area (Å²) in [7, 11) is 4.01. The molecule has 0 amide bonds. The third-order valence-electron chi connectivity index (χ3n) is 4.96. The first kappa shape index (κ1) is 14.2. The molecule has 6 heteroatoms. The average Bonchev–Trinajstić information content (AvgIpc) is 2.90. The first-order valence-corrected chi connectivity index (χ1v) is 8.91. The highest BCUT2D eigenvalue weighted by Crippen LogP contribution is 2.34. The van der Waals surface area contributed by atoms with Crippen molar-refractivity contribution in [3.8, 4) is 0 Å². The van der Waals surface area contributed by atoms with Crippen LogP contribution < -0.4 is 10.5 Å². The molecule has 0 saturated carbocycles. The number of hydrogen-bond donors (Lipinski definition) is 0. The largest absolute Gasteiger partial charge is 0.340 e. The summed E-state index contributed by atoms with van der Waals surface area (Å²) in [6, 6.07) is 0. The van der Waals surface area contributed by atoms with Gasteiger partial charge in [0.25, 0.3) is 5.56 Å². The molecule has 1 saturated heterocycles. The van der Waals surface area contributed by atoms with E-state index in [0.29, 0.717) is 0 Å². The Balaban J connectivity index is 1.84. The molecule has 1 fully saturated rings. The number of aryl methyl sites for hydroxylation is 2. The standard InChI is InChI=1S/C16H22N4OS/c1-18-7-9-20(10-8-18)16-17-14-13(15(21)19(16)2)11-5-3-4-6-12(11)22-14/h3-10H2,1-2H3. The Morgan fingerprint density at radius 3 is 2.55 bits per heavy atom. The lowest BCUT2D eigenvalue weighted by atomic mass is 9.97. The maximum atomic E-state index is 12.9. The second-order valence-electron chi connectivity index (χ2n) is 6.46. The van der Waals surface area contributed by atoms with Crippen LogP contribution in [0.3, 0.4) is 0 Å². The van der Waals surface area contributed by atoms with Crippen LogP contribution in [-0.4, -0.2) is 47.7 Å². The SMILES string of the molecule is CN1CCN(c2nc3sc4c(c3c(=O)n2C)CCCC4)CC1. The van der Waals surface area contributed by atoms with E-state index in [1.165, 1.54) is 23.3 Å². The number of thiophene rings is 1. The fourth-order valence-electron chi connectivity index (χ4n) is 3.56. The lowest BCUT2D eigenvalue weighted by Gasteiger charge is -2.33. The van der Waals surface area contributed by atoms with Crippen molar-refractivity contribution in [3.63, 3.8) is 0 Å². The van der Waals surface area contributed by atoms with E-state index in [9.17, 15) is 4.79 Å². The summed E-state index contributed by atoms with van der Waals surface area (Å²) < 4.78 is 1.76. The summed E-state index contributed by atoms with van der Waals surface area (Å²) in [5.74, 6) is 0.837. The topological polar surface area (TPSA) is 41.4 Å². The Morgan fingerprint density at radius 2 is 1.77 bits per heavy atom. The monoisotopic (exact) mass is 318 g/mol. The van der Waals surface area contributed by atoms with Gasteiger partial charge >= 0.3 is 0 Å². The maximum Gasteiger partial charge on any atom is 0.263 e. The molecule has 0 unspecified atom stereocenters. The van der Waals surface area contributed by atoms with Crippen molar-refractivity contribution in [1.82, 2.24) is 14.5 Å². The predicted octanol–water partition coefficient (Wildman–Crippen LogP) is 1.63. The van der Waals surface area contributed by atoms with Gasteiger partial charge in [0.1, 0.15) is 4.83 Å². The van der Waals surface area contributed by atoms with Crippen molar-refractivity contribution in [2.75, 3.05) is 38.1 Å². The second kappa shape index (κ2) is 5.35. The normalized spacial score (nSPS) is 19.6. The van der Waals surface area contributed by atoms with E-state index in [4.69, 9.17) is 4.98 Å². The zero-order valence-electron chi connectivity index (χ0n) is 13.3. The molecular weight excluding hydrogens is 296 g/mol. The van der Waals surface area contributed by atoms with E-state index >= 15 is 0 Å². The van der Waals surface area contributed by atoms with E-state index in [2.05, 4.69) is 16.8 Å². The van der Waals surface area contributed by atoms with Gasteiger partial charge in [-0.15, -0.1) is 11.3 Å². The van der Waals surface area contributed by atoms with Crippen molar-refractivity contribution >= 4 is 27.5 Å². The van der Waals surface area contributed by atoms with Crippen LogP contribution in [0.5, 0.6) is 0 Å². The highest BCUT2D eigenvalue weighted by atomic mass is 32.1. The average molecular weight is 318 g/mol. The number of rotatable bonds is 1. The first-order chi connectivity index (χ1) is 10.6. The number of fused-ring (bicyclic) bond motifs is 3. The molecule has 22 heavy (non-hydrogen) atoms. The molecule has 0 aromatic carbocycles. The van der Waals surface area contributed by atoms with Crippen LogP contribution in [0.4, 0.5) is 5.95 Å². The molecule has 0 spiro atoms. The predicted molar refractivity (Wildman–Crippen MR) is 91.2 cm³/mol. The van der Waals surface area contributed by atoms with Crippen molar-refractivity contribution in [2.45, 2.75) is 25.7 Å². The van der Waals surface area contributed by atoms with E-state index in [-0.39, 0.29) is 5.56 Å². The third-order valence-corrected chi connectivity index (χ3v) is 6.14. The molecule has 2 aromatic heterocycles. The van der Waals surface area contributed by atoms with Crippen LogP contribution in [0.25, 0.3) is 10.2 Å². The first-order valence-electron chi connectivity index (χ1n) is 8.10. The Kier molecular flexibility index (Phi) is 3.46. The summed E-state index contributed by atoms with van der Waals surface area (Å²) in [6.45, 7) is 3.92. The Labute approximate surface area is 134 Å². The zero-order chi connectivity index (χ0) is 15.3. The van der Waals surface area contributed by atoms with Gasteiger partial charge in [0.15, 0.2) is 0 Å². The Hall–Kier alpha value is -1.40. The number of likely N-dealkylation sites (N-methyl/N-ethyl adjacent to an activating group) is 1. The Bertz CT molecular complexity index is 771. The smallest absolute Gasteiger partial charge is 0.263 e. The van der Waals surface area contributed by atoms with Gasteiger partial charge in [-0.1, -0.05) is 0 Å². The van der Waals surface area contributed by atoms with Crippen LogP contribution >= 0.6 is 11.3 Å². The third kappa shape index (κ3) is 2.16.